The summed E-state index contributed by atoms with van der Waals surface area (Å²) in [7, 11) is 0.977. The number of carbonyl (C=O) groups is 1. The molecule has 0 fully saturated rings. The van der Waals surface area contributed by atoms with Crippen LogP contribution < -0.4 is 0 Å². The number of rotatable bonds is 1. The van der Waals surface area contributed by atoms with Gasteiger partial charge in [-0.05, 0) is 0 Å². The van der Waals surface area contributed by atoms with Crippen LogP contribution in [-0.4, -0.2) is 13.1 Å². The molecule has 0 heterocycles. The summed E-state index contributed by atoms with van der Waals surface area (Å²) in [5.74, 6) is -4.80. The molecule has 0 aliphatic heterocycles. The first-order valence-corrected chi connectivity index (χ1v) is 3.29. The summed E-state index contributed by atoms with van der Waals surface area (Å²) in [4.78, 5) is 10.7. The van der Waals surface area contributed by atoms with Crippen LogP contribution in [0.5, 0.6) is 0 Å². The van der Waals surface area contributed by atoms with Gasteiger partial charge in [0.05, 0.1) is 7.11 Å². The molecule has 0 saturated carbocycles. The third kappa shape index (κ3) is 1.80. The molecule has 2 nitrogen and oxygen atoms in total. The van der Waals surface area contributed by atoms with Crippen LogP contribution in [-0.2, 0) is 4.74 Å². The van der Waals surface area contributed by atoms with Crippen LogP contribution in [0.3, 0.4) is 0 Å². The van der Waals surface area contributed by atoms with Crippen LogP contribution in [0.2, 0.25) is 0 Å². The maximum Gasteiger partial charge on any atom is 0.343 e. The number of ether oxygens (including phenoxy) is 1. The van der Waals surface area contributed by atoms with Gasteiger partial charge < -0.3 is 4.74 Å². The second-order valence-corrected chi connectivity index (χ2v) is 2.24. The SMILES string of the molecule is COC(=O)c1c(F)cc(F)cc1F. The summed E-state index contributed by atoms with van der Waals surface area (Å²) in [5, 5.41) is 0. The van der Waals surface area contributed by atoms with Gasteiger partial charge in [0, 0.05) is 12.1 Å². The molecule has 0 spiro atoms. The molecule has 0 radical (unpaired) electrons. The molecular weight excluding hydrogens is 185 g/mol. The van der Waals surface area contributed by atoms with Crippen molar-refractivity contribution in [3.63, 3.8) is 0 Å². The zero-order chi connectivity index (χ0) is 10.0. The number of benzene rings is 1. The van der Waals surface area contributed by atoms with E-state index in [0.29, 0.717) is 12.1 Å². The molecular formula is C8H5F3O2. The Labute approximate surface area is 71.9 Å². The fourth-order valence-corrected chi connectivity index (χ4v) is 0.839. The molecule has 1 rings (SSSR count). The lowest BCUT2D eigenvalue weighted by Gasteiger charge is -2.01. The molecule has 0 saturated heterocycles. The Kier molecular flexibility index (Phi) is 2.55. The molecule has 0 atom stereocenters. The summed E-state index contributed by atoms with van der Waals surface area (Å²) in [6.45, 7) is 0. The minimum atomic E-state index is -1.27. The summed E-state index contributed by atoms with van der Waals surface area (Å²) in [6, 6.07) is 0.824. The van der Waals surface area contributed by atoms with Gasteiger partial charge in [0.2, 0.25) is 0 Å². The predicted octanol–water partition coefficient (Wildman–Crippen LogP) is 1.89. The quantitative estimate of drug-likeness (QED) is 0.632. The molecule has 0 N–H and O–H groups in total. The molecule has 0 bridgehead atoms. The minimum absolute atomic E-state index is 0.412. The van der Waals surface area contributed by atoms with Gasteiger partial charge in [0.1, 0.15) is 23.0 Å². The third-order valence-corrected chi connectivity index (χ3v) is 1.40. The molecule has 0 aliphatic rings. The maximum absolute atomic E-state index is 12.8. The molecule has 0 amide bonds. The van der Waals surface area contributed by atoms with E-state index in [4.69, 9.17) is 0 Å². The fraction of sp³-hybridized carbons (Fsp3) is 0.125. The highest BCUT2D eigenvalue weighted by atomic mass is 19.1. The van der Waals surface area contributed by atoms with Crippen molar-refractivity contribution in [2.75, 3.05) is 7.11 Å². The maximum atomic E-state index is 12.8. The van der Waals surface area contributed by atoms with Gasteiger partial charge in [-0.1, -0.05) is 0 Å². The second kappa shape index (κ2) is 3.47. The molecule has 5 heteroatoms. The Morgan fingerprint density at radius 2 is 1.69 bits per heavy atom. The summed E-state index contributed by atoms with van der Waals surface area (Å²) >= 11 is 0. The van der Waals surface area contributed by atoms with E-state index in [0.717, 1.165) is 7.11 Å². The summed E-state index contributed by atoms with van der Waals surface area (Å²) in [6.07, 6.45) is 0. The van der Waals surface area contributed by atoms with Crippen molar-refractivity contribution < 1.29 is 22.7 Å². The van der Waals surface area contributed by atoms with E-state index in [9.17, 15) is 18.0 Å². The molecule has 1 aromatic carbocycles. The highest BCUT2D eigenvalue weighted by Crippen LogP contribution is 2.15. The van der Waals surface area contributed by atoms with Crippen LogP contribution in [0.4, 0.5) is 13.2 Å². The Morgan fingerprint density at radius 3 is 2.08 bits per heavy atom. The average molecular weight is 190 g/mol. The van der Waals surface area contributed by atoms with Gasteiger partial charge in [-0.25, -0.2) is 18.0 Å². The highest BCUT2D eigenvalue weighted by molar-refractivity contribution is 5.89. The van der Waals surface area contributed by atoms with Crippen molar-refractivity contribution in [2.45, 2.75) is 0 Å². The number of hydrogen-bond acceptors (Lipinski definition) is 2. The Morgan fingerprint density at radius 1 is 1.23 bits per heavy atom. The number of esters is 1. The molecule has 70 valence electrons. The zero-order valence-electron chi connectivity index (χ0n) is 6.61. The van der Waals surface area contributed by atoms with Crippen molar-refractivity contribution in [1.29, 1.82) is 0 Å². The second-order valence-electron chi connectivity index (χ2n) is 2.24. The predicted molar refractivity (Wildman–Crippen MR) is 37.7 cm³/mol. The topological polar surface area (TPSA) is 26.3 Å². The fourth-order valence-electron chi connectivity index (χ4n) is 0.839. The van der Waals surface area contributed by atoms with Crippen molar-refractivity contribution >= 4 is 5.97 Å². The minimum Gasteiger partial charge on any atom is -0.465 e. The van der Waals surface area contributed by atoms with Crippen LogP contribution in [0, 0.1) is 17.5 Å². The molecule has 0 aliphatic carbocycles. The molecule has 0 unspecified atom stereocenters. The Hall–Kier alpha value is -1.52. The Bertz CT molecular complexity index is 326. The average Bonchev–Trinajstić information content (AvgIpc) is 2.02. The van der Waals surface area contributed by atoms with Crippen molar-refractivity contribution in [3.8, 4) is 0 Å². The van der Waals surface area contributed by atoms with E-state index in [2.05, 4.69) is 4.74 Å². The van der Waals surface area contributed by atoms with E-state index in [1.165, 1.54) is 0 Å². The van der Waals surface area contributed by atoms with Crippen LogP contribution in [0.1, 0.15) is 10.4 Å². The highest BCUT2D eigenvalue weighted by Gasteiger charge is 2.18. The van der Waals surface area contributed by atoms with Gasteiger partial charge in [-0.2, -0.15) is 0 Å². The van der Waals surface area contributed by atoms with Crippen molar-refractivity contribution in [3.05, 3.63) is 35.1 Å². The molecule has 1 aromatic rings. The molecule has 13 heavy (non-hydrogen) atoms. The van der Waals surface area contributed by atoms with Gasteiger partial charge in [-0.15, -0.1) is 0 Å². The first-order chi connectivity index (χ1) is 6.06. The van der Waals surface area contributed by atoms with Gasteiger partial charge >= 0.3 is 5.97 Å². The lowest BCUT2D eigenvalue weighted by molar-refractivity contribution is 0.0589. The number of halogens is 3. The number of methoxy groups -OCH3 is 1. The van der Waals surface area contributed by atoms with E-state index in [1.807, 2.05) is 0 Å². The zero-order valence-corrected chi connectivity index (χ0v) is 6.61. The van der Waals surface area contributed by atoms with Crippen molar-refractivity contribution in [2.24, 2.45) is 0 Å². The summed E-state index contributed by atoms with van der Waals surface area (Å²) < 4.78 is 42.0. The van der Waals surface area contributed by atoms with E-state index in [-0.39, 0.29) is 0 Å². The van der Waals surface area contributed by atoms with Crippen LogP contribution in [0.15, 0.2) is 12.1 Å². The first kappa shape index (κ1) is 9.57. The number of carbonyl (C=O) groups excluding carboxylic acids is 1. The first-order valence-electron chi connectivity index (χ1n) is 3.29. The van der Waals surface area contributed by atoms with Gasteiger partial charge in [0.25, 0.3) is 0 Å². The lowest BCUT2D eigenvalue weighted by atomic mass is 10.2. The third-order valence-electron chi connectivity index (χ3n) is 1.40. The Balaban J connectivity index is 3.28. The van der Waals surface area contributed by atoms with Crippen LogP contribution >= 0.6 is 0 Å². The standard InChI is InChI=1S/C8H5F3O2/c1-13-8(12)7-5(10)2-4(9)3-6(7)11/h2-3H,1H3. The van der Waals surface area contributed by atoms with Gasteiger partial charge in [-0.3, -0.25) is 0 Å². The van der Waals surface area contributed by atoms with Crippen LogP contribution in [0.25, 0.3) is 0 Å². The van der Waals surface area contributed by atoms with E-state index < -0.39 is 29.0 Å². The van der Waals surface area contributed by atoms with Gasteiger partial charge in [0.15, 0.2) is 0 Å². The van der Waals surface area contributed by atoms with Crippen molar-refractivity contribution in [1.82, 2.24) is 0 Å². The molecule has 0 aromatic heterocycles. The lowest BCUT2D eigenvalue weighted by Crippen LogP contribution is -2.08. The largest absolute Gasteiger partial charge is 0.465 e. The van der Waals surface area contributed by atoms with E-state index >= 15 is 0 Å². The van der Waals surface area contributed by atoms with E-state index in [1.54, 1.807) is 0 Å². The summed E-state index contributed by atoms with van der Waals surface area (Å²) in [5.41, 5.74) is -0.885. The number of hydrogen-bond donors (Lipinski definition) is 0. The normalized spacial score (nSPS) is 9.85. The monoisotopic (exact) mass is 190 g/mol. The smallest absolute Gasteiger partial charge is 0.343 e.